The van der Waals surface area contributed by atoms with Crippen molar-refractivity contribution in [2.45, 2.75) is 6.92 Å². The summed E-state index contributed by atoms with van der Waals surface area (Å²) in [5, 5.41) is 9.36. The van der Waals surface area contributed by atoms with Crippen molar-refractivity contribution in [3.8, 4) is 16.9 Å². The van der Waals surface area contributed by atoms with Crippen molar-refractivity contribution < 1.29 is 28.3 Å². The monoisotopic (exact) mass is 342 g/mol. The SMILES string of the molecule is CC(=O)Oc1ccc(-c2cccc3c(=O)oc(=O)oc23)cc1C(=O)O. The molecule has 2 aromatic carbocycles. The smallest absolute Gasteiger partial charge is 0.478 e. The van der Waals surface area contributed by atoms with E-state index in [-0.39, 0.29) is 22.3 Å². The molecule has 1 heterocycles. The lowest BCUT2D eigenvalue weighted by Gasteiger charge is -2.09. The molecule has 25 heavy (non-hydrogen) atoms. The first-order valence-corrected chi connectivity index (χ1v) is 7.00. The van der Waals surface area contributed by atoms with Crippen LogP contribution in [-0.4, -0.2) is 17.0 Å². The van der Waals surface area contributed by atoms with E-state index in [1.165, 1.54) is 30.3 Å². The number of carbonyl (C=O) groups is 2. The summed E-state index contributed by atoms with van der Waals surface area (Å²) in [6, 6.07) is 8.55. The summed E-state index contributed by atoms with van der Waals surface area (Å²) < 4.78 is 14.2. The van der Waals surface area contributed by atoms with Gasteiger partial charge in [-0.15, -0.1) is 0 Å². The molecule has 1 N–H and O–H groups in total. The quantitative estimate of drug-likeness (QED) is 0.566. The Morgan fingerprint density at radius 2 is 1.84 bits per heavy atom. The van der Waals surface area contributed by atoms with Gasteiger partial charge in [0, 0.05) is 12.5 Å². The fraction of sp³-hybridized carbons (Fsp3) is 0.0588. The maximum atomic E-state index is 11.8. The van der Waals surface area contributed by atoms with Crippen LogP contribution in [0, 0.1) is 0 Å². The van der Waals surface area contributed by atoms with E-state index in [4.69, 9.17) is 9.15 Å². The Kier molecular flexibility index (Phi) is 3.94. The summed E-state index contributed by atoms with van der Waals surface area (Å²) in [6.07, 6.45) is 0. The molecule has 0 saturated heterocycles. The van der Waals surface area contributed by atoms with Gasteiger partial charge < -0.3 is 18.7 Å². The number of esters is 1. The third-order valence-electron chi connectivity index (χ3n) is 3.37. The van der Waals surface area contributed by atoms with E-state index in [2.05, 4.69) is 4.42 Å². The van der Waals surface area contributed by atoms with Crippen molar-refractivity contribution in [3.63, 3.8) is 0 Å². The van der Waals surface area contributed by atoms with Crippen molar-refractivity contribution in [2.75, 3.05) is 0 Å². The van der Waals surface area contributed by atoms with Crippen LogP contribution in [0.4, 0.5) is 0 Å². The molecule has 0 aliphatic carbocycles. The van der Waals surface area contributed by atoms with Gasteiger partial charge in [-0.1, -0.05) is 18.2 Å². The van der Waals surface area contributed by atoms with Gasteiger partial charge >= 0.3 is 23.4 Å². The highest BCUT2D eigenvalue weighted by Crippen LogP contribution is 2.30. The first-order chi connectivity index (χ1) is 11.9. The molecule has 126 valence electrons. The Hall–Kier alpha value is -3.68. The summed E-state index contributed by atoms with van der Waals surface area (Å²) in [7, 11) is 0. The number of ether oxygens (including phenoxy) is 1. The first-order valence-electron chi connectivity index (χ1n) is 7.00. The van der Waals surface area contributed by atoms with Gasteiger partial charge in [0.15, 0.2) is 5.58 Å². The molecule has 0 fully saturated rings. The van der Waals surface area contributed by atoms with E-state index < -0.39 is 23.4 Å². The van der Waals surface area contributed by atoms with Gasteiger partial charge in [0.05, 0.1) is 0 Å². The van der Waals surface area contributed by atoms with Crippen LogP contribution < -0.4 is 16.2 Å². The zero-order valence-electron chi connectivity index (χ0n) is 12.8. The van der Waals surface area contributed by atoms with Gasteiger partial charge in [-0.3, -0.25) is 4.79 Å². The molecule has 0 unspecified atom stereocenters. The molecule has 0 bridgehead atoms. The molecule has 0 spiro atoms. The molecule has 0 atom stereocenters. The van der Waals surface area contributed by atoms with Crippen LogP contribution in [0.25, 0.3) is 22.1 Å². The maximum Gasteiger partial charge on any atom is 0.522 e. The molecular weight excluding hydrogens is 332 g/mol. The lowest BCUT2D eigenvalue weighted by Crippen LogP contribution is -2.10. The minimum atomic E-state index is -1.31. The van der Waals surface area contributed by atoms with Crippen LogP contribution in [0.3, 0.4) is 0 Å². The van der Waals surface area contributed by atoms with Crippen molar-refractivity contribution in [1.29, 1.82) is 0 Å². The maximum absolute atomic E-state index is 11.8. The van der Waals surface area contributed by atoms with E-state index in [0.29, 0.717) is 11.1 Å². The number of para-hydroxylation sites is 1. The fourth-order valence-corrected chi connectivity index (χ4v) is 2.38. The predicted octanol–water partition coefficient (Wildman–Crippen LogP) is 2.04. The normalized spacial score (nSPS) is 10.6. The van der Waals surface area contributed by atoms with Crippen molar-refractivity contribution >= 4 is 22.9 Å². The number of carboxylic acids is 1. The number of hydrogen-bond donors (Lipinski definition) is 1. The van der Waals surface area contributed by atoms with Gasteiger partial charge in [0.2, 0.25) is 0 Å². The summed E-state index contributed by atoms with van der Waals surface area (Å²) in [6.45, 7) is 1.15. The zero-order valence-corrected chi connectivity index (χ0v) is 12.8. The molecular formula is C17H10O8. The summed E-state index contributed by atoms with van der Waals surface area (Å²) in [4.78, 5) is 45.6. The molecule has 0 aliphatic heterocycles. The Morgan fingerprint density at radius 1 is 1.08 bits per heavy atom. The number of hydrogen-bond acceptors (Lipinski definition) is 7. The van der Waals surface area contributed by atoms with Crippen LogP contribution in [-0.2, 0) is 4.79 Å². The highest BCUT2D eigenvalue weighted by atomic mass is 16.6. The number of fused-ring (bicyclic) bond motifs is 1. The Bertz CT molecular complexity index is 1120. The highest BCUT2D eigenvalue weighted by molar-refractivity contribution is 5.96. The highest BCUT2D eigenvalue weighted by Gasteiger charge is 2.17. The average Bonchev–Trinajstić information content (AvgIpc) is 2.54. The molecule has 0 aliphatic rings. The van der Waals surface area contributed by atoms with Gasteiger partial charge in [-0.2, -0.15) is 0 Å². The zero-order chi connectivity index (χ0) is 18.1. The number of benzene rings is 2. The lowest BCUT2D eigenvalue weighted by molar-refractivity contribution is -0.131. The summed E-state index contributed by atoms with van der Waals surface area (Å²) in [5.74, 6) is -3.26. The summed E-state index contributed by atoms with van der Waals surface area (Å²) >= 11 is 0. The van der Waals surface area contributed by atoms with Crippen LogP contribution in [0.15, 0.2) is 54.8 Å². The second kappa shape index (κ2) is 6.08. The third kappa shape index (κ3) is 3.05. The molecule has 0 amide bonds. The summed E-state index contributed by atoms with van der Waals surface area (Å²) in [5.41, 5.74) is -0.467. The molecule has 8 heteroatoms. The van der Waals surface area contributed by atoms with Crippen LogP contribution in [0.5, 0.6) is 5.75 Å². The predicted molar refractivity (Wildman–Crippen MR) is 84.7 cm³/mol. The standard InChI is InChI=1S/C17H10O8/c1-8(18)23-13-6-5-9(7-12(13)15(19)20)10-3-2-4-11-14(10)24-17(22)25-16(11)21/h2-7H,1H3,(H,19,20). The van der Waals surface area contributed by atoms with Crippen molar-refractivity contribution in [3.05, 3.63) is 63.0 Å². The van der Waals surface area contributed by atoms with Gasteiger partial charge in [0.1, 0.15) is 16.7 Å². The van der Waals surface area contributed by atoms with Crippen LogP contribution >= 0.6 is 0 Å². The van der Waals surface area contributed by atoms with Crippen LogP contribution in [0.1, 0.15) is 17.3 Å². The van der Waals surface area contributed by atoms with Crippen molar-refractivity contribution in [2.24, 2.45) is 0 Å². The second-order valence-electron chi connectivity index (χ2n) is 5.03. The molecule has 8 nitrogen and oxygen atoms in total. The van der Waals surface area contributed by atoms with Crippen molar-refractivity contribution in [1.82, 2.24) is 0 Å². The average molecular weight is 342 g/mol. The molecule has 3 aromatic rings. The molecule has 1 aromatic heterocycles. The largest absolute Gasteiger partial charge is 0.522 e. The Labute approximate surface area is 138 Å². The first kappa shape index (κ1) is 16.2. The number of carbonyl (C=O) groups excluding carboxylic acids is 1. The minimum absolute atomic E-state index is 0.0275. The Balaban J connectivity index is 2.27. The second-order valence-corrected chi connectivity index (χ2v) is 5.03. The number of rotatable bonds is 3. The molecule has 3 rings (SSSR count). The molecule has 0 radical (unpaired) electrons. The van der Waals surface area contributed by atoms with E-state index in [0.717, 1.165) is 6.92 Å². The van der Waals surface area contributed by atoms with Gasteiger partial charge in [0.25, 0.3) is 0 Å². The van der Waals surface area contributed by atoms with E-state index in [9.17, 15) is 24.3 Å². The molecule has 0 saturated carbocycles. The fourth-order valence-electron chi connectivity index (χ4n) is 2.38. The van der Waals surface area contributed by atoms with Gasteiger partial charge in [-0.05, 0) is 23.8 Å². The topological polar surface area (TPSA) is 124 Å². The van der Waals surface area contributed by atoms with Gasteiger partial charge in [-0.25, -0.2) is 14.4 Å². The lowest BCUT2D eigenvalue weighted by atomic mass is 10.0. The van der Waals surface area contributed by atoms with E-state index in [1.54, 1.807) is 6.07 Å². The Morgan fingerprint density at radius 3 is 2.52 bits per heavy atom. The van der Waals surface area contributed by atoms with E-state index >= 15 is 0 Å². The minimum Gasteiger partial charge on any atom is -0.478 e. The number of carboxylic acid groups (broad SMARTS) is 1. The third-order valence-corrected chi connectivity index (χ3v) is 3.37. The number of aromatic carboxylic acids is 1. The van der Waals surface area contributed by atoms with E-state index in [1.807, 2.05) is 0 Å². The van der Waals surface area contributed by atoms with Crippen LogP contribution in [0.2, 0.25) is 0 Å².